The van der Waals surface area contributed by atoms with Crippen molar-refractivity contribution in [2.24, 2.45) is 5.92 Å². The number of nitrogen functional groups attached to an aromatic ring is 1. The number of hydrogen-bond donors (Lipinski definition) is 1. The highest BCUT2D eigenvalue weighted by Crippen LogP contribution is 2.44. The van der Waals surface area contributed by atoms with E-state index in [9.17, 15) is 0 Å². The number of nitrogens with zero attached hydrogens (tertiary/aromatic N) is 5. The molecule has 2 aromatic rings. The van der Waals surface area contributed by atoms with Gasteiger partial charge in [0.2, 0.25) is 0 Å². The van der Waals surface area contributed by atoms with Crippen molar-refractivity contribution in [3.05, 3.63) is 12.7 Å². The van der Waals surface area contributed by atoms with E-state index in [1.54, 1.807) is 6.33 Å². The Kier molecular flexibility index (Phi) is 6.28. The molecule has 4 heterocycles. The first-order chi connectivity index (χ1) is 15.3. The van der Waals surface area contributed by atoms with Crippen LogP contribution in [0.15, 0.2) is 12.7 Å². The fourth-order valence-corrected chi connectivity index (χ4v) is 4.91. The van der Waals surface area contributed by atoms with E-state index in [1.807, 2.05) is 18.4 Å². The van der Waals surface area contributed by atoms with Crippen molar-refractivity contribution in [3.8, 4) is 0 Å². The van der Waals surface area contributed by atoms with Crippen molar-refractivity contribution in [2.75, 3.05) is 19.3 Å². The molecule has 0 radical (unpaired) electrons. The zero-order chi connectivity index (χ0) is 23.0. The number of aromatic nitrogens is 4. The van der Waals surface area contributed by atoms with Crippen LogP contribution in [0.2, 0.25) is 0 Å². The lowest BCUT2D eigenvalue weighted by molar-refractivity contribution is -0.198. The summed E-state index contributed by atoms with van der Waals surface area (Å²) in [7, 11) is 2.18. The quantitative estimate of drug-likeness (QED) is 0.717. The lowest BCUT2D eigenvalue weighted by Gasteiger charge is -2.42. The Morgan fingerprint density at radius 2 is 1.91 bits per heavy atom. The molecule has 0 aromatic carbocycles. The number of hydrogen-bond acceptors (Lipinski definition) is 10. The Morgan fingerprint density at radius 1 is 1.22 bits per heavy atom. The molecule has 174 valence electrons. The molecule has 1 saturated carbocycles. The zero-order valence-electron chi connectivity index (χ0n) is 18.8. The summed E-state index contributed by atoms with van der Waals surface area (Å²) < 4.78 is 20.9. The third-order valence-corrected chi connectivity index (χ3v) is 6.67. The minimum atomic E-state index is -0.650. The topological polar surface area (TPSA) is 135 Å². The summed E-state index contributed by atoms with van der Waals surface area (Å²) in [5, 5.41) is 0. The fourth-order valence-electron chi connectivity index (χ4n) is 4.91. The molecule has 3 fully saturated rings. The Morgan fingerprint density at radius 3 is 2.59 bits per heavy atom. The van der Waals surface area contributed by atoms with Gasteiger partial charge in [-0.15, -0.1) is 0 Å². The van der Waals surface area contributed by atoms with E-state index in [0.717, 1.165) is 12.5 Å². The van der Waals surface area contributed by atoms with Gasteiger partial charge >= 0.3 is 6.15 Å². The number of rotatable bonds is 5. The Hall–Kier alpha value is -2.43. The Bertz CT molecular complexity index is 984. The van der Waals surface area contributed by atoms with E-state index in [2.05, 4.69) is 33.8 Å². The normalized spacial score (nSPS) is 32.8. The summed E-state index contributed by atoms with van der Waals surface area (Å²) in [4.78, 5) is 31.5. The van der Waals surface area contributed by atoms with E-state index < -0.39 is 5.79 Å². The van der Waals surface area contributed by atoms with Gasteiger partial charge in [0.15, 0.2) is 23.5 Å². The van der Waals surface area contributed by atoms with Gasteiger partial charge in [-0.05, 0) is 39.7 Å². The molecule has 4 atom stereocenters. The molecule has 2 saturated heterocycles. The molecule has 32 heavy (non-hydrogen) atoms. The predicted octanol–water partition coefficient (Wildman–Crippen LogP) is 1.36. The van der Waals surface area contributed by atoms with Gasteiger partial charge in [0, 0.05) is 12.6 Å². The van der Waals surface area contributed by atoms with Gasteiger partial charge in [0.1, 0.15) is 30.2 Å². The molecule has 2 aromatic heterocycles. The van der Waals surface area contributed by atoms with Crippen molar-refractivity contribution in [1.82, 2.24) is 24.4 Å². The van der Waals surface area contributed by atoms with Gasteiger partial charge in [-0.1, -0.05) is 13.3 Å². The van der Waals surface area contributed by atoms with Gasteiger partial charge < -0.3 is 24.8 Å². The number of anilines is 1. The molecular formula is C21H30N6O5. The summed E-state index contributed by atoms with van der Waals surface area (Å²) in [5.41, 5.74) is 7.18. The Balaban J connectivity index is 0.000000775. The third kappa shape index (κ3) is 4.14. The average molecular weight is 447 g/mol. The number of imidazole rings is 1. The van der Waals surface area contributed by atoms with Gasteiger partial charge in [0.25, 0.3) is 0 Å². The first-order valence-electron chi connectivity index (χ1n) is 10.9. The highest BCUT2D eigenvalue weighted by atomic mass is 16.8. The SMILES string of the molecule is CCC1CC(N(C)C[C@H]2O[C@@H](n3cnc4c(N)ncnc43)[C@@H]3OC(C)(C)O[C@@H]32)C1.O=C=O. The molecule has 3 aliphatic rings. The van der Waals surface area contributed by atoms with E-state index in [1.165, 1.54) is 25.6 Å². The largest absolute Gasteiger partial charge is 0.382 e. The minimum absolute atomic E-state index is 0.0888. The van der Waals surface area contributed by atoms with Crippen LogP contribution in [0.1, 0.15) is 46.3 Å². The molecule has 0 amide bonds. The summed E-state index contributed by atoms with van der Waals surface area (Å²) in [5.74, 6) is 0.571. The lowest BCUT2D eigenvalue weighted by atomic mass is 9.78. The smallest absolute Gasteiger partial charge is 0.373 e. The minimum Gasteiger partial charge on any atom is -0.382 e. The van der Waals surface area contributed by atoms with Gasteiger partial charge in [-0.25, -0.2) is 15.0 Å². The lowest BCUT2D eigenvalue weighted by Crippen LogP contribution is -2.47. The van der Waals surface area contributed by atoms with Gasteiger partial charge in [-0.3, -0.25) is 4.57 Å². The van der Waals surface area contributed by atoms with Crippen LogP contribution in [0.4, 0.5) is 5.82 Å². The number of likely N-dealkylation sites (N-methyl/N-ethyl adjacent to an activating group) is 1. The first-order valence-corrected chi connectivity index (χ1v) is 10.9. The average Bonchev–Trinajstić information content (AvgIpc) is 3.34. The van der Waals surface area contributed by atoms with Crippen LogP contribution in [-0.2, 0) is 23.8 Å². The molecule has 2 N–H and O–H groups in total. The second kappa shape index (κ2) is 8.84. The number of ether oxygens (including phenoxy) is 3. The van der Waals surface area contributed by atoms with Crippen LogP contribution in [0.3, 0.4) is 0 Å². The monoisotopic (exact) mass is 446 g/mol. The molecule has 0 unspecified atom stereocenters. The third-order valence-electron chi connectivity index (χ3n) is 6.67. The van der Waals surface area contributed by atoms with E-state index in [4.69, 9.17) is 29.5 Å². The second-order valence-electron chi connectivity index (χ2n) is 9.14. The summed E-state index contributed by atoms with van der Waals surface area (Å²) in [6.45, 7) is 6.98. The van der Waals surface area contributed by atoms with Crippen molar-refractivity contribution >= 4 is 23.1 Å². The number of nitrogens with two attached hydrogens (primary N) is 1. The van der Waals surface area contributed by atoms with Crippen molar-refractivity contribution in [2.45, 2.75) is 76.4 Å². The maximum atomic E-state index is 8.12. The van der Waals surface area contributed by atoms with E-state index in [-0.39, 0.29) is 30.7 Å². The standard InChI is InChI=1S/C20H30N6O3.CO2/c1-5-11-6-12(7-11)25(4)8-13-15-16(29-20(2,3)28-15)19(27-13)26-10-24-14-17(21)22-9-23-18(14)26;2-1-3/h9-13,15-16,19H,5-8H2,1-4H3,(H2,21,22,23);/t11?,12?,13-,15-,16-,19-;/m1./s1. The molecule has 11 nitrogen and oxygen atoms in total. The molecule has 2 aliphatic heterocycles. The van der Waals surface area contributed by atoms with Crippen molar-refractivity contribution in [1.29, 1.82) is 0 Å². The van der Waals surface area contributed by atoms with E-state index >= 15 is 0 Å². The van der Waals surface area contributed by atoms with Crippen LogP contribution in [0.25, 0.3) is 11.2 Å². The second-order valence-corrected chi connectivity index (χ2v) is 9.14. The van der Waals surface area contributed by atoms with E-state index in [0.29, 0.717) is 23.0 Å². The molecule has 1 aliphatic carbocycles. The summed E-state index contributed by atoms with van der Waals surface area (Å²) in [6, 6.07) is 0.623. The molecule has 5 rings (SSSR count). The molecular weight excluding hydrogens is 416 g/mol. The molecule has 11 heteroatoms. The van der Waals surface area contributed by atoms with Crippen LogP contribution in [-0.4, -0.2) is 74.3 Å². The Labute approximate surface area is 186 Å². The zero-order valence-corrected chi connectivity index (χ0v) is 18.8. The van der Waals surface area contributed by atoms with Gasteiger partial charge in [0.05, 0.1) is 6.33 Å². The fraction of sp³-hybridized carbons (Fsp3) is 0.714. The van der Waals surface area contributed by atoms with Crippen molar-refractivity contribution in [3.63, 3.8) is 0 Å². The molecule has 0 spiro atoms. The summed E-state index contributed by atoms with van der Waals surface area (Å²) >= 11 is 0. The highest BCUT2D eigenvalue weighted by molar-refractivity contribution is 5.81. The van der Waals surface area contributed by atoms with Crippen molar-refractivity contribution < 1.29 is 23.8 Å². The number of fused-ring (bicyclic) bond motifs is 2. The van der Waals surface area contributed by atoms with Crippen LogP contribution in [0, 0.1) is 5.92 Å². The van der Waals surface area contributed by atoms with Crippen LogP contribution < -0.4 is 5.73 Å². The predicted molar refractivity (Wildman–Crippen MR) is 112 cm³/mol. The van der Waals surface area contributed by atoms with Crippen LogP contribution >= 0.6 is 0 Å². The van der Waals surface area contributed by atoms with Crippen LogP contribution in [0.5, 0.6) is 0 Å². The molecule has 0 bridgehead atoms. The summed E-state index contributed by atoms with van der Waals surface area (Å²) in [6.07, 6.45) is 6.36. The number of carbonyl (C=O) groups excluding carboxylic acids is 2. The first kappa shape index (κ1) is 22.8. The van der Waals surface area contributed by atoms with Gasteiger partial charge in [-0.2, -0.15) is 9.59 Å². The highest BCUT2D eigenvalue weighted by Gasteiger charge is 2.56. The maximum absolute atomic E-state index is 8.12. The maximum Gasteiger partial charge on any atom is 0.373 e.